The second-order valence-electron chi connectivity index (χ2n) is 5.71. The number of methoxy groups -OCH3 is 1. The Bertz CT molecular complexity index is 1190. The van der Waals surface area contributed by atoms with Gasteiger partial charge in [0.05, 0.1) is 23.7 Å². The molecule has 142 valence electrons. The summed E-state index contributed by atoms with van der Waals surface area (Å²) in [4.78, 5) is 17.0. The number of alkyl halides is 3. The molecule has 2 aromatic heterocycles. The van der Waals surface area contributed by atoms with Crippen molar-refractivity contribution in [3.8, 4) is 0 Å². The van der Waals surface area contributed by atoms with Crippen LogP contribution in [0.25, 0.3) is 16.7 Å². The first-order chi connectivity index (χ1) is 13.4. The van der Waals surface area contributed by atoms with E-state index in [1.54, 1.807) is 24.3 Å². The third-order valence-corrected chi connectivity index (χ3v) is 4.90. The monoisotopic (exact) mass is 404 g/mol. The normalized spacial score (nSPS) is 11.9. The lowest BCUT2D eigenvalue weighted by Crippen LogP contribution is -2.12. The molecule has 2 aromatic carbocycles. The Kier molecular flexibility index (Phi) is 4.42. The van der Waals surface area contributed by atoms with Gasteiger partial charge in [-0.3, -0.25) is 4.40 Å². The lowest BCUT2D eigenvalue weighted by molar-refractivity contribution is -0.145. The summed E-state index contributed by atoms with van der Waals surface area (Å²) in [5, 5.41) is 7.30. The highest BCUT2D eigenvalue weighted by atomic mass is 32.2. The zero-order valence-corrected chi connectivity index (χ0v) is 15.1. The predicted molar refractivity (Wildman–Crippen MR) is 95.2 cm³/mol. The number of nitrogens with zero attached hydrogens (tertiary/aromatic N) is 4. The van der Waals surface area contributed by atoms with Crippen LogP contribution < -0.4 is 0 Å². The summed E-state index contributed by atoms with van der Waals surface area (Å²) >= 11 is 1.16. The Morgan fingerprint density at radius 2 is 1.86 bits per heavy atom. The number of fused-ring (bicyclic) bond motifs is 3. The van der Waals surface area contributed by atoms with E-state index in [2.05, 4.69) is 19.9 Å². The summed E-state index contributed by atoms with van der Waals surface area (Å²) in [6.07, 6.45) is -4.70. The minimum Gasteiger partial charge on any atom is -0.465 e. The number of hydrogen-bond acceptors (Lipinski definition) is 6. The molecule has 0 aliphatic rings. The minimum atomic E-state index is -4.70. The maximum absolute atomic E-state index is 13.5. The van der Waals surface area contributed by atoms with Crippen molar-refractivity contribution in [1.29, 1.82) is 0 Å². The first kappa shape index (κ1) is 18.2. The van der Waals surface area contributed by atoms with Gasteiger partial charge in [0.1, 0.15) is 5.03 Å². The molecule has 0 aliphatic heterocycles. The number of ether oxygens (including phenoxy) is 1. The lowest BCUT2D eigenvalue weighted by Gasteiger charge is -2.10. The highest BCUT2D eigenvalue weighted by Gasteiger charge is 2.38. The van der Waals surface area contributed by atoms with Gasteiger partial charge in [-0.05, 0) is 30.3 Å². The second-order valence-corrected chi connectivity index (χ2v) is 6.77. The summed E-state index contributed by atoms with van der Waals surface area (Å²) in [5.41, 5.74) is 0.496. The number of rotatable bonds is 3. The van der Waals surface area contributed by atoms with Gasteiger partial charge in [0.25, 0.3) is 0 Å². The van der Waals surface area contributed by atoms with E-state index in [-0.39, 0.29) is 27.3 Å². The molecule has 28 heavy (non-hydrogen) atoms. The topological polar surface area (TPSA) is 69.4 Å². The lowest BCUT2D eigenvalue weighted by atomic mass is 10.2. The molecule has 0 bridgehead atoms. The van der Waals surface area contributed by atoms with E-state index in [1.165, 1.54) is 25.3 Å². The van der Waals surface area contributed by atoms with Crippen LogP contribution in [0.4, 0.5) is 13.2 Å². The number of carbonyl (C=O) groups excluding carboxylic acids is 1. The molecule has 0 fully saturated rings. The Morgan fingerprint density at radius 1 is 1.11 bits per heavy atom. The van der Waals surface area contributed by atoms with Gasteiger partial charge in [0.2, 0.25) is 5.82 Å². The summed E-state index contributed by atoms with van der Waals surface area (Å²) in [5.74, 6) is -1.77. The van der Waals surface area contributed by atoms with Crippen molar-refractivity contribution in [3.63, 3.8) is 0 Å². The average Bonchev–Trinajstić information content (AvgIpc) is 3.14. The maximum atomic E-state index is 13.5. The quantitative estimate of drug-likeness (QED) is 0.476. The van der Waals surface area contributed by atoms with Crippen molar-refractivity contribution >= 4 is 34.4 Å². The van der Waals surface area contributed by atoms with E-state index in [4.69, 9.17) is 0 Å². The third kappa shape index (κ3) is 3.15. The number of aromatic nitrogens is 4. The highest BCUT2D eigenvalue weighted by Crippen LogP contribution is 2.35. The number of benzene rings is 2. The van der Waals surface area contributed by atoms with Crippen LogP contribution in [-0.2, 0) is 10.9 Å². The second kappa shape index (κ2) is 6.79. The molecule has 0 radical (unpaired) electrons. The maximum Gasteiger partial charge on any atom is 0.452 e. The average molecular weight is 404 g/mol. The van der Waals surface area contributed by atoms with Crippen LogP contribution in [0.3, 0.4) is 0 Å². The smallest absolute Gasteiger partial charge is 0.452 e. The zero-order valence-electron chi connectivity index (χ0n) is 14.3. The third-order valence-electron chi connectivity index (χ3n) is 3.93. The fourth-order valence-electron chi connectivity index (χ4n) is 2.71. The van der Waals surface area contributed by atoms with Crippen LogP contribution >= 0.6 is 11.8 Å². The van der Waals surface area contributed by atoms with Crippen molar-refractivity contribution in [2.75, 3.05) is 7.11 Å². The van der Waals surface area contributed by atoms with E-state index >= 15 is 0 Å². The zero-order chi connectivity index (χ0) is 19.9. The fraction of sp³-hybridized carbons (Fsp3) is 0.111. The van der Waals surface area contributed by atoms with Gasteiger partial charge in [0, 0.05) is 4.90 Å². The molecule has 0 saturated carbocycles. The van der Waals surface area contributed by atoms with Crippen LogP contribution in [-0.4, -0.2) is 32.7 Å². The van der Waals surface area contributed by atoms with Crippen LogP contribution in [0.15, 0.2) is 58.5 Å². The van der Waals surface area contributed by atoms with Crippen molar-refractivity contribution in [3.05, 3.63) is 59.9 Å². The van der Waals surface area contributed by atoms with Crippen LogP contribution in [0.5, 0.6) is 0 Å². The molecule has 4 aromatic rings. The molecule has 6 nitrogen and oxygen atoms in total. The summed E-state index contributed by atoms with van der Waals surface area (Å²) < 4.78 is 46.0. The van der Waals surface area contributed by atoms with E-state index < -0.39 is 18.0 Å². The first-order valence-corrected chi connectivity index (χ1v) is 8.77. The molecule has 10 heteroatoms. The standard InChI is InChI=1S/C18H11F3N4O2S/c1-27-16(26)10-7-8-13-12(9-10)22-15(28-11-5-3-2-4-6-11)14-23-24-17(25(13)14)18(19,20)21/h2-9H,1H3. The van der Waals surface area contributed by atoms with Gasteiger partial charge >= 0.3 is 12.1 Å². The number of halogens is 3. The van der Waals surface area contributed by atoms with Crippen LogP contribution in [0, 0.1) is 0 Å². The molecule has 0 saturated heterocycles. The predicted octanol–water partition coefficient (Wildman–Crippen LogP) is 4.23. The Hall–Kier alpha value is -3.14. The van der Waals surface area contributed by atoms with Crippen molar-refractivity contribution in [2.24, 2.45) is 0 Å². The molecule has 0 atom stereocenters. The number of hydrogen-bond donors (Lipinski definition) is 0. The van der Waals surface area contributed by atoms with Crippen molar-refractivity contribution in [2.45, 2.75) is 16.1 Å². The molecule has 0 N–H and O–H groups in total. The van der Waals surface area contributed by atoms with Gasteiger partial charge in [-0.25, -0.2) is 9.78 Å². The fourth-order valence-corrected chi connectivity index (χ4v) is 3.59. The van der Waals surface area contributed by atoms with Gasteiger partial charge in [-0.15, -0.1) is 10.2 Å². The van der Waals surface area contributed by atoms with Crippen molar-refractivity contribution in [1.82, 2.24) is 19.6 Å². The van der Waals surface area contributed by atoms with Gasteiger partial charge in [-0.2, -0.15) is 13.2 Å². The number of carbonyl (C=O) groups is 1. The van der Waals surface area contributed by atoms with Gasteiger partial charge < -0.3 is 4.74 Å². The molecular formula is C18H11F3N4O2S. The van der Waals surface area contributed by atoms with Crippen LogP contribution in [0.1, 0.15) is 16.2 Å². The van der Waals surface area contributed by atoms with E-state index in [0.717, 1.165) is 21.1 Å². The first-order valence-electron chi connectivity index (χ1n) is 7.96. The molecule has 0 spiro atoms. The van der Waals surface area contributed by atoms with E-state index in [0.29, 0.717) is 0 Å². The largest absolute Gasteiger partial charge is 0.465 e. The Labute approximate surface area is 160 Å². The van der Waals surface area contributed by atoms with E-state index in [1.807, 2.05) is 6.07 Å². The van der Waals surface area contributed by atoms with Gasteiger partial charge in [0.15, 0.2) is 5.65 Å². The van der Waals surface area contributed by atoms with Gasteiger partial charge in [-0.1, -0.05) is 30.0 Å². The molecule has 2 heterocycles. The highest BCUT2D eigenvalue weighted by molar-refractivity contribution is 7.99. The van der Waals surface area contributed by atoms with Crippen molar-refractivity contribution < 1.29 is 22.7 Å². The molecule has 0 amide bonds. The number of esters is 1. The summed E-state index contributed by atoms with van der Waals surface area (Å²) in [6.45, 7) is 0. The molecule has 0 aliphatic carbocycles. The summed E-state index contributed by atoms with van der Waals surface area (Å²) in [7, 11) is 1.22. The molecular weight excluding hydrogens is 393 g/mol. The molecule has 0 unspecified atom stereocenters. The Morgan fingerprint density at radius 3 is 2.54 bits per heavy atom. The summed E-state index contributed by atoms with van der Waals surface area (Å²) in [6, 6.07) is 13.2. The Balaban J connectivity index is 2.01. The van der Waals surface area contributed by atoms with Crippen LogP contribution in [0.2, 0.25) is 0 Å². The SMILES string of the molecule is COC(=O)c1ccc2c(c1)nc(Sc1ccccc1)c1nnc(C(F)(F)F)n12. The minimum absolute atomic E-state index is 0.0144. The molecule has 4 rings (SSSR count). The van der Waals surface area contributed by atoms with E-state index in [9.17, 15) is 18.0 Å².